The van der Waals surface area contributed by atoms with E-state index in [0.717, 1.165) is 16.3 Å². The van der Waals surface area contributed by atoms with E-state index < -0.39 is 0 Å². The Hall–Kier alpha value is -2.47. The van der Waals surface area contributed by atoms with E-state index in [2.05, 4.69) is 15.5 Å². The molecule has 0 unspecified atom stereocenters. The molecule has 0 atom stereocenters. The quantitative estimate of drug-likeness (QED) is 0.801. The van der Waals surface area contributed by atoms with Gasteiger partial charge >= 0.3 is 0 Å². The van der Waals surface area contributed by atoms with Crippen molar-refractivity contribution in [2.75, 3.05) is 5.32 Å². The topological polar surface area (TPSA) is 68.0 Å². The molecule has 106 valence electrons. The maximum Gasteiger partial charge on any atom is 0.277 e. The lowest BCUT2D eigenvalue weighted by Gasteiger charge is -2.08. The van der Waals surface area contributed by atoms with E-state index in [1.54, 1.807) is 24.3 Å². The van der Waals surface area contributed by atoms with E-state index in [-0.39, 0.29) is 11.6 Å². The van der Waals surface area contributed by atoms with Gasteiger partial charge in [-0.05, 0) is 19.9 Å². The van der Waals surface area contributed by atoms with Gasteiger partial charge in [0.2, 0.25) is 0 Å². The zero-order valence-corrected chi connectivity index (χ0v) is 12.4. The first kappa shape index (κ1) is 13.5. The summed E-state index contributed by atoms with van der Waals surface area (Å²) in [5, 5.41) is 9.53. The van der Waals surface area contributed by atoms with Crippen LogP contribution in [0, 0.1) is 13.8 Å². The van der Waals surface area contributed by atoms with Gasteiger partial charge in [-0.1, -0.05) is 23.4 Å². The van der Waals surface area contributed by atoms with E-state index in [1.165, 1.54) is 0 Å². The van der Waals surface area contributed by atoms with Crippen LogP contribution in [-0.4, -0.2) is 16.0 Å². The molecule has 2 aromatic heterocycles. The number of rotatable bonds is 3. The molecule has 3 rings (SSSR count). The van der Waals surface area contributed by atoms with Crippen molar-refractivity contribution >= 4 is 22.9 Å². The molecule has 0 saturated heterocycles. The summed E-state index contributed by atoms with van der Waals surface area (Å²) in [5.41, 5.74) is 2.70. The number of hydrogen-bond acceptors (Lipinski definition) is 5. The zero-order valence-electron chi connectivity index (χ0n) is 11.6. The Morgan fingerprint density at radius 2 is 2.10 bits per heavy atom. The van der Waals surface area contributed by atoms with Gasteiger partial charge in [0.05, 0.1) is 16.4 Å². The number of nitrogens with zero attached hydrogens (tertiary/aromatic N) is 2. The lowest BCUT2D eigenvalue weighted by molar-refractivity contribution is 0.101. The Morgan fingerprint density at radius 3 is 2.76 bits per heavy atom. The molecule has 0 spiro atoms. The molecule has 0 aliphatic rings. The second kappa shape index (κ2) is 5.49. The summed E-state index contributed by atoms with van der Waals surface area (Å²) in [6.07, 6.45) is 0. The summed E-state index contributed by atoms with van der Waals surface area (Å²) < 4.78 is 4.92. The van der Waals surface area contributed by atoms with Crippen molar-refractivity contribution in [1.82, 2.24) is 10.1 Å². The molecule has 0 saturated carbocycles. The normalized spacial score (nSPS) is 10.6. The largest absolute Gasteiger partial charge is 0.361 e. The SMILES string of the molecule is Cc1cc(C(=O)Nc2ccccc2-c2csc(C)n2)no1. The molecule has 0 aliphatic carbocycles. The van der Waals surface area contributed by atoms with Crippen molar-refractivity contribution < 1.29 is 9.32 Å². The third kappa shape index (κ3) is 2.85. The highest BCUT2D eigenvalue weighted by atomic mass is 32.1. The predicted octanol–water partition coefficient (Wildman–Crippen LogP) is 3.67. The third-order valence-electron chi connectivity index (χ3n) is 2.93. The number of para-hydroxylation sites is 1. The number of thiazole rings is 1. The van der Waals surface area contributed by atoms with Crippen molar-refractivity contribution in [1.29, 1.82) is 0 Å². The van der Waals surface area contributed by atoms with Gasteiger partial charge in [-0.2, -0.15) is 0 Å². The molecule has 0 aliphatic heterocycles. The molecular formula is C15H13N3O2S. The summed E-state index contributed by atoms with van der Waals surface area (Å²) in [6.45, 7) is 3.70. The first-order chi connectivity index (χ1) is 10.1. The standard InChI is InChI=1S/C15H13N3O2S/c1-9-7-13(18-20-9)15(19)17-12-6-4-3-5-11(12)14-8-21-10(2)16-14/h3-8H,1-2H3,(H,17,19). The van der Waals surface area contributed by atoms with E-state index in [0.29, 0.717) is 11.4 Å². The van der Waals surface area contributed by atoms with Crippen LogP contribution in [0.15, 0.2) is 40.2 Å². The number of aromatic nitrogens is 2. The first-order valence-electron chi connectivity index (χ1n) is 6.39. The lowest BCUT2D eigenvalue weighted by atomic mass is 10.1. The van der Waals surface area contributed by atoms with Gasteiger partial charge in [0.25, 0.3) is 5.91 Å². The van der Waals surface area contributed by atoms with Crippen molar-refractivity contribution in [3.63, 3.8) is 0 Å². The van der Waals surface area contributed by atoms with Crippen molar-refractivity contribution in [2.45, 2.75) is 13.8 Å². The van der Waals surface area contributed by atoms with E-state index in [4.69, 9.17) is 4.52 Å². The molecular weight excluding hydrogens is 286 g/mol. The van der Waals surface area contributed by atoms with Crippen LogP contribution in [0.3, 0.4) is 0 Å². The Labute approximate surface area is 125 Å². The van der Waals surface area contributed by atoms with Crippen LogP contribution in [0.1, 0.15) is 21.3 Å². The molecule has 0 bridgehead atoms. The van der Waals surface area contributed by atoms with E-state index >= 15 is 0 Å². The smallest absolute Gasteiger partial charge is 0.277 e. The average molecular weight is 299 g/mol. The highest BCUT2D eigenvalue weighted by Crippen LogP contribution is 2.29. The highest BCUT2D eigenvalue weighted by Gasteiger charge is 2.14. The van der Waals surface area contributed by atoms with Crippen molar-refractivity contribution in [3.05, 3.63) is 52.2 Å². The number of anilines is 1. The fourth-order valence-corrected chi connectivity index (χ4v) is 2.58. The Balaban J connectivity index is 1.91. The van der Waals surface area contributed by atoms with Gasteiger partial charge in [-0.15, -0.1) is 11.3 Å². The summed E-state index contributed by atoms with van der Waals surface area (Å²) in [4.78, 5) is 16.6. The maximum atomic E-state index is 12.2. The van der Waals surface area contributed by atoms with Crippen LogP contribution in [0.5, 0.6) is 0 Å². The zero-order chi connectivity index (χ0) is 14.8. The van der Waals surface area contributed by atoms with Crippen LogP contribution in [-0.2, 0) is 0 Å². The average Bonchev–Trinajstić information content (AvgIpc) is 3.08. The first-order valence-corrected chi connectivity index (χ1v) is 7.27. The van der Waals surface area contributed by atoms with Gasteiger partial charge in [0, 0.05) is 17.0 Å². The van der Waals surface area contributed by atoms with Crippen molar-refractivity contribution in [3.8, 4) is 11.3 Å². The highest BCUT2D eigenvalue weighted by molar-refractivity contribution is 7.09. The minimum atomic E-state index is -0.300. The minimum absolute atomic E-state index is 0.261. The van der Waals surface area contributed by atoms with Crippen LogP contribution in [0.25, 0.3) is 11.3 Å². The Kier molecular flexibility index (Phi) is 3.53. The Morgan fingerprint density at radius 1 is 1.29 bits per heavy atom. The summed E-state index contributed by atoms with van der Waals surface area (Å²) in [5.74, 6) is 0.301. The van der Waals surface area contributed by atoms with Gasteiger partial charge in [-0.3, -0.25) is 4.79 Å². The second-order valence-electron chi connectivity index (χ2n) is 4.57. The van der Waals surface area contributed by atoms with Crippen LogP contribution in [0.2, 0.25) is 0 Å². The number of hydrogen-bond donors (Lipinski definition) is 1. The van der Waals surface area contributed by atoms with Gasteiger partial charge in [-0.25, -0.2) is 4.98 Å². The molecule has 5 nitrogen and oxygen atoms in total. The van der Waals surface area contributed by atoms with Gasteiger partial charge in [0.15, 0.2) is 5.69 Å². The number of aryl methyl sites for hydroxylation is 2. The van der Waals surface area contributed by atoms with Crippen LogP contribution in [0.4, 0.5) is 5.69 Å². The third-order valence-corrected chi connectivity index (χ3v) is 3.70. The Bertz CT molecular complexity index is 792. The molecule has 1 amide bonds. The van der Waals surface area contributed by atoms with Crippen LogP contribution < -0.4 is 5.32 Å². The summed E-state index contributed by atoms with van der Waals surface area (Å²) in [6, 6.07) is 9.16. The molecule has 6 heteroatoms. The molecule has 1 aromatic carbocycles. The number of amides is 1. The summed E-state index contributed by atoms with van der Waals surface area (Å²) >= 11 is 1.58. The molecule has 1 N–H and O–H groups in total. The van der Waals surface area contributed by atoms with E-state index in [1.807, 2.05) is 36.6 Å². The van der Waals surface area contributed by atoms with Gasteiger partial charge < -0.3 is 9.84 Å². The summed E-state index contributed by atoms with van der Waals surface area (Å²) in [7, 11) is 0. The number of carbonyl (C=O) groups excluding carboxylic acids is 1. The molecule has 0 fully saturated rings. The monoisotopic (exact) mass is 299 g/mol. The number of nitrogens with one attached hydrogen (secondary N) is 1. The maximum absolute atomic E-state index is 12.2. The fraction of sp³-hybridized carbons (Fsp3) is 0.133. The lowest BCUT2D eigenvalue weighted by Crippen LogP contribution is -2.12. The molecule has 21 heavy (non-hydrogen) atoms. The second-order valence-corrected chi connectivity index (χ2v) is 5.64. The minimum Gasteiger partial charge on any atom is -0.361 e. The van der Waals surface area contributed by atoms with Gasteiger partial charge in [0.1, 0.15) is 5.76 Å². The fourth-order valence-electron chi connectivity index (χ4n) is 1.96. The number of carbonyl (C=O) groups is 1. The molecule has 2 heterocycles. The number of benzene rings is 1. The van der Waals surface area contributed by atoms with Crippen molar-refractivity contribution in [2.24, 2.45) is 0 Å². The molecule has 3 aromatic rings. The predicted molar refractivity (Wildman–Crippen MR) is 81.5 cm³/mol. The molecule has 0 radical (unpaired) electrons. The van der Waals surface area contributed by atoms with E-state index in [9.17, 15) is 4.79 Å². The van der Waals surface area contributed by atoms with Crippen LogP contribution >= 0.6 is 11.3 Å².